The highest BCUT2D eigenvalue weighted by Crippen LogP contribution is 2.19. The lowest BCUT2D eigenvalue weighted by molar-refractivity contribution is -0.683. The zero-order valence-electron chi connectivity index (χ0n) is 12.0. The first-order valence-electron chi connectivity index (χ1n) is 6.79. The number of H-pyrrole nitrogens is 1. The molecule has 22 heavy (non-hydrogen) atoms. The van der Waals surface area contributed by atoms with Crippen LogP contribution in [0.2, 0.25) is 0 Å². The number of amides is 1. The third-order valence-corrected chi connectivity index (χ3v) is 5.30. The molecular formula is C16H15IN3OS+. The van der Waals surface area contributed by atoms with Gasteiger partial charge in [-0.25, -0.2) is 9.55 Å². The van der Waals surface area contributed by atoms with Crippen LogP contribution in [0, 0.1) is 3.57 Å². The van der Waals surface area contributed by atoms with Crippen molar-refractivity contribution in [3.05, 3.63) is 52.1 Å². The van der Waals surface area contributed by atoms with Crippen LogP contribution in [-0.4, -0.2) is 16.6 Å². The second kappa shape index (κ2) is 6.70. The quantitative estimate of drug-likeness (QED) is 0.384. The third kappa shape index (κ3) is 3.27. The first kappa shape index (κ1) is 15.4. The van der Waals surface area contributed by atoms with Crippen LogP contribution < -0.4 is 9.88 Å². The van der Waals surface area contributed by atoms with E-state index in [2.05, 4.69) is 43.5 Å². The van der Waals surface area contributed by atoms with Gasteiger partial charge in [-0.05, 0) is 58.6 Å². The molecule has 0 aliphatic heterocycles. The number of thioether (sulfide) groups is 1. The predicted octanol–water partition coefficient (Wildman–Crippen LogP) is 3.33. The fourth-order valence-corrected chi connectivity index (χ4v) is 3.53. The van der Waals surface area contributed by atoms with E-state index in [-0.39, 0.29) is 5.91 Å². The molecule has 112 valence electrons. The lowest BCUT2D eigenvalue weighted by Gasteiger charge is -2.05. The minimum atomic E-state index is -0.00669. The van der Waals surface area contributed by atoms with Crippen molar-refractivity contribution < 1.29 is 9.36 Å². The Labute approximate surface area is 146 Å². The molecule has 1 aromatic heterocycles. The van der Waals surface area contributed by atoms with E-state index in [1.54, 1.807) is 0 Å². The average Bonchev–Trinajstić information content (AvgIpc) is 2.84. The molecule has 0 fully saturated rings. The molecule has 1 amide bonds. The molecule has 0 aliphatic carbocycles. The van der Waals surface area contributed by atoms with Crippen molar-refractivity contribution in [2.24, 2.45) is 7.05 Å². The van der Waals surface area contributed by atoms with Gasteiger partial charge in [0.1, 0.15) is 0 Å². The molecule has 0 atom stereocenters. The summed E-state index contributed by atoms with van der Waals surface area (Å²) in [5.74, 6) is 0.360. The van der Waals surface area contributed by atoms with E-state index in [1.165, 1.54) is 11.8 Å². The number of hydrogen-bond donors (Lipinski definition) is 2. The van der Waals surface area contributed by atoms with E-state index < -0.39 is 0 Å². The van der Waals surface area contributed by atoms with Crippen LogP contribution in [0.5, 0.6) is 0 Å². The monoisotopic (exact) mass is 424 g/mol. The Morgan fingerprint density at radius 2 is 1.95 bits per heavy atom. The van der Waals surface area contributed by atoms with Crippen LogP contribution in [0.4, 0.5) is 5.69 Å². The second-order valence-electron chi connectivity index (χ2n) is 4.82. The lowest BCUT2D eigenvalue weighted by Crippen LogP contribution is -2.29. The summed E-state index contributed by atoms with van der Waals surface area (Å²) >= 11 is 3.72. The molecule has 0 saturated heterocycles. The summed E-state index contributed by atoms with van der Waals surface area (Å²) in [6.45, 7) is 0. The van der Waals surface area contributed by atoms with Crippen molar-refractivity contribution in [2.75, 3.05) is 11.1 Å². The topological polar surface area (TPSA) is 48.8 Å². The van der Waals surface area contributed by atoms with Crippen LogP contribution in [0.15, 0.2) is 53.7 Å². The molecule has 3 aromatic rings. The summed E-state index contributed by atoms with van der Waals surface area (Å²) in [7, 11) is 2.00. The molecule has 0 unspecified atom stereocenters. The van der Waals surface area contributed by atoms with Gasteiger partial charge in [0.05, 0.1) is 18.5 Å². The summed E-state index contributed by atoms with van der Waals surface area (Å²) in [5, 5.41) is 3.91. The van der Waals surface area contributed by atoms with Crippen LogP contribution in [-0.2, 0) is 11.8 Å². The summed E-state index contributed by atoms with van der Waals surface area (Å²) in [6.07, 6.45) is 0. The number of aromatic amines is 1. The Kier molecular flexibility index (Phi) is 4.68. The number of carbonyl (C=O) groups is 1. The Morgan fingerprint density at radius 3 is 2.73 bits per heavy atom. The third-order valence-electron chi connectivity index (χ3n) is 3.30. The van der Waals surface area contributed by atoms with E-state index in [0.29, 0.717) is 5.75 Å². The fraction of sp³-hybridized carbons (Fsp3) is 0.125. The van der Waals surface area contributed by atoms with Gasteiger partial charge in [-0.15, -0.1) is 0 Å². The number of anilines is 1. The number of nitrogens with zero attached hydrogens (tertiary/aromatic N) is 1. The van der Waals surface area contributed by atoms with Crippen molar-refractivity contribution in [1.29, 1.82) is 0 Å². The molecule has 2 aromatic carbocycles. The number of aromatic nitrogens is 2. The molecule has 0 spiro atoms. The predicted molar refractivity (Wildman–Crippen MR) is 98.0 cm³/mol. The molecule has 0 saturated carbocycles. The van der Waals surface area contributed by atoms with Crippen molar-refractivity contribution >= 4 is 57.0 Å². The number of halogens is 1. The highest BCUT2D eigenvalue weighted by atomic mass is 127. The maximum absolute atomic E-state index is 12.1. The number of aryl methyl sites for hydroxylation is 1. The SMILES string of the molecule is C[n+]1c(SCC(=O)Nc2ccccc2I)[nH]c2ccccc21. The number of hydrogen-bond acceptors (Lipinski definition) is 2. The van der Waals surface area contributed by atoms with Crippen molar-refractivity contribution in [3.63, 3.8) is 0 Å². The molecule has 0 bridgehead atoms. The Balaban J connectivity index is 1.68. The maximum atomic E-state index is 12.1. The minimum absolute atomic E-state index is 0.00669. The second-order valence-corrected chi connectivity index (χ2v) is 6.95. The largest absolute Gasteiger partial charge is 0.324 e. The van der Waals surface area contributed by atoms with E-state index in [9.17, 15) is 4.79 Å². The van der Waals surface area contributed by atoms with Crippen molar-refractivity contribution in [3.8, 4) is 0 Å². The number of imidazole rings is 1. The van der Waals surface area contributed by atoms with Gasteiger partial charge in [-0.2, -0.15) is 0 Å². The van der Waals surface area contributed by atoms with Gasteiger partial charge < -0.3 is 5.32 Å². The van der Waals surface area contributed by atoms with Gasteiger partial charge in [0.15, 0.2) is 11.0 Å². The minimum Gasteiger partial charge on any atom is -0.324 e. The van der Waals surface area contributed by atoms with Gasteiger partial charge in [-0.1, -0.05) is 24.3 Å². The standard InChI is InChI=1S/C16H14IN3OS/c1-20-14-9-5-4-8-13(14)19-16(20)22-10-15(21)18-12-7-3-2-6-11(12)17/h2-9H,10H2,1H3,(H,18,21)/p+1. The molecule has 3 rings (SSSR count). The zero-order valence-corrected chi connectivity index (χ0v) is 14.9. The summed E-state index contributed by atoms with van der Waals surface area (Å²) in [5.41, 5.74) is 3.06. The average molecular weight is 424 g/mol. The highest BCUT2D eigenvalue weighted by molar-refractivity contribution is 14.1. The van der Waals surface area contributed by atoms with Crippen molar-refractivity contribution in [1.82, 2.24) is 4.98 Å². The summed E-state index contributed by atoms with van der Waals surface area (Å²) in [4.78, 5) is 15.4. The molecular weight excluding hydrogens is 409 g/mol. The number of carbonyl (C=O) groups excluding carboxylic acids is 1. The van der Waals surface area contributed by atoms with Gasteiger partial charge in [0.2, 0.25) is 5.91 Å². The van der Waals surface area contributed by atoms with E-state index >= 15 is 0 Å². The summed E-state index contributed by atoms with van der Waals surface area (Å²) in [6, 6.07) is 15.9. The number of para-hydroxylation sites is 3. The molecule has 2 N–H and O–H groups in total. The summed E-state index contributed by atoms with van der Waals surface area (Å²) < 4.78 is 3.11. The zero-order chi connectivity index (χ0) is 15.5. The number of benzene rings is 2. The fourth-order valence-electron chi connectivity index (χ4n) is 2.20. The number of rotatable bonds is 4. The van der Waals surface area contributed by atoms with E-state index in [4.69, 9.17) is 0 Å². The van der Waals surface area contributed by atoms with Crippen LogP contribution in [0.1, 0.15) is 0 Å². The van der Waals surface area contributed by atoms with E-state index in [1.807, 2.05) is 49.5 Å². The van der Waals surface area contributed by atoms with Gasteiger partial charge in [0, 0.05) is 3.57 Å². The van der Waals surface area contributed by atoms with Crippen LogP contribution in [0.25, 0.3) is 11.0 Å². The van der Waals surface area contributed by atoms with Crippen LogP contribution >= 0.6 is 34.4 Å². The highest BCUT2D eigenvalue weighted by Gasteiger charge is 2.16. The molecule has 1 heterocycles. The van der Waals surface area contributed by atoms with Gasteiger partial charge in [-0.3, -0.25) is 4.79 Å². The molecule has 6 heteroatoms. The molecule has 0 aliphatic rings. The molecule has 0 radical (unpaired) electrons. The molecule has 4 nitrogen and oxygen atoms in total. The Morgan fingerprint density at radius 1 is 1.23 bits per heavy atom. The Bertz CT molecular complexity index is 831. The number of fused-ring (bicyclic) bond motifs is 1. The van der Waals surface area contributed by atoms with E-state index in [0.717, 1.165) is 25.4 Å². The normalized spacial score (nSPS) is 10.8. The van der Waals surface area contributed by atoms with Gasteiger partial charge >= 0.3 is 5.16 Å². The Hall–Kier alpha value is -1.54. The first-order chi connectivity index (χ1) is 10.6. The first-order valence-corrected chi connectivity index (χ1v) is 8.85. The van der Waals surface area contributed by atoms with Crippen molar-refractivity contribution in [2.45, 2.75) is 5.16 Å². The number of nitrogens with one attached hydrogen (secondary N) is 2. The van der Waals surface area contributed by atoms with Crippen LogP contribution in [0.3, 0.4) is 0 Å². The smallest absolute Gasteiger partial charge is 0.317 e. The van der Waals surface area contributed by atoms with Gasteiger partial charge in [0.25, 0.3) is 0 Å². The maximum Gasteiger partial charge on any atom is 0.317 e. The lowest BCUT2D eigenvalue weighted by atomic mass is 10.3.